The molecule has 0 aliphatic heterocycles. The van der Waals surface area contributed by atoms with Crippen LogP contribution in [-0.2, 0) is 6.54 Å². The summed E-state index contributed by atoms with van der Waals surface area (Å²) in [6, 6.07) is 4.88. The molecule has 18 heavy (non-hydrogen) atoms. The Bertz CT molecular complexity index is 394. The van der Waals surface area contributed by atoms with Crippen LogP contribution in [0.5, 0.6) is 0 Å². The third kappa shape index (κ3) is 3.69. The fourth-order valence-electron chi connectivity index (χ4n) is 2.75. The van der Waals surface area contributed by atoms with E-state index in [0.717, 1.165) is 18.4 Å². The van der Waals surface area contributed by atoms with E-state index in [2.05, 4.69) is 12.2 Å². The molecule has 2 unspecified atom stereocenters. The Kier molecular flexibility index (Phi) is 5.02. The smallest absolute Gasteiger partial charge is 0.129 e. The molecule has 0 saturated heterocycles. The molecule has 1 fully saturated rings. The number of rotatable bonds is 4. The lowest BCUT2D eigenvalue weighted by molar-refractivity contribution is 0.247. The summed E-state index contributed by atoms with van der Waals surface area (Å²) in [7, 11) is 0. The molecule has 0 aromatic heterocycles. The predicted molar refractivity (Wildman–Crippen MR) is 74.2 cm³/mol. The number of benzene rings is 1. The van der Waals surface area contributed by atoms with Gasteiger partial charge in [0, 0.05) is 17.1 Å². The van der Waals surface area contributed by atoms with Gasteiger partial charge in [-0.3, -0.25) is 0 Å². The van der Waals surface area contributed by atoms with Gasteiger partial charge in [-0.2, -0.15) is 0 Å². The van der Waals surface area contributed by atoms with Crippen LogP contribution in [0.15, 0.2) is 18.2 Å². The zero-order valence-corrected chi connectivity index (χ0v) is 11.6. The minimum atomic E-state index is -0.216. The molecular weight excluding hydrogens is 249 g/mol. The van der Waals surface area contributed by atoms with Crippen LogP contribution in [0.2, 0.25) is 5.02 Å². The minimum Gasteiger partial charge on any atom is -0.312 e. The van der Waals surface area contributed by atoms with E-state index in [1.165, 1.54) is 31.7 Å². The molecule has 0 heterocycles. The summed E-state index contributed by atoms with van der Waals surface area (Å²) < 4.78 is 13.6. The maximum Gasteiger partial charge on any atom is 0.129 e. The van der Waals surface area contributed by atoms with Gasteiger partial charge in [0.25, 0.3) is 0 Å². The molecule has 1 aromatic carbocycles. The largest absolute Gasteiger partial charge is 0.312 e. The highest BCUT2D eigenvalue weighted by Gasteiger charge is 2.20. The third-order valence-corrected chi connectivity index (χ3v) is 4.26. The summed E-state index contributed by atoms with van der Waals surface area (Å²) in [6.45, 7) is 3.91. The van der Waals surface area contributed by atoms with Crippen LogP contribution in [-0.4, -0.2) is 6.54 Å². The number of halogens is 2. The average molecular weight is 270 g/mol. The van der Waals surface area contributed by atoms with Gasteiger partial charge < -0.3 is 5.32 Å². The maximum atomic E-state index is 13.6. The van der Waals surface area contributed by atoms with Crippen LogP contribution in [0.4, 0.5) is 4.39 Å². The quantitative estimate of drug-likeness (QED) is 0.855. The number of nitrogens with one attached hydrogen (secondary N) is 1. The van der Waals surface area contributed by atoms with Gasteiger partial charge in [0.15, 0.2) is 0 Å². The Morgan fingerprint density at radius 2 is 2.11 bits per heavy atom. The molecule has 1 aliphatic rings. The van der Waals surface area contributed by atoms with E-state index in [9.17, 15) is 4.39 Å². The molecule has 2 atom stereocenters. The molecule has 0 spiro atoms. The normalized spacial score (nSPS) is 24.2. The topological polar surface area (TPSA) is 12.0 Å². The van der Waals surface area contributed by atoms with Crippen LogP contribution in [0, 0.1) is 17.7 Å². The first-order valence-electron chi connectivity index (χ1n) is 6.81. The number of hydrogen-bond donors (Lipinski definition) is 1. The number of hydrogen-bond acceptors (Lipinski definition) is 1. The van der Waals surface area contributed by atoms with E-state index in [-0.39, 0.29) is 5.82 Å². The van der Waals surface area contributed by atoms with Crippen molar-refractivity contribution in [3.05, 3.63) is 34.6 Å². The molecule has 1 N–H and O–H groups in total. The van der Waals surface area contributed by atoms with Crippen molar-refractivity contribution in [2.45, 2.75) is 39.2 Å². The van der Waals surface area contributed by atoms with Crippen molar-refractivity contribution in [2.24, 2.45) is 11.8 Å². The molecule has 1 nitrogen and oxygen atoms in total. The van der Waals surface area contributed by atoms with Crippen molar-refractivity contribution >= 4 is 11.6 Å². The van der Waals surface area contributed by atoms with Crippen molar-refractivity contribution in [3.63, 3.8) is 0 Å². The average Bonchev–Trinajstić information content (AvgIpc) is 2.34. The molecule has 1 aliphatic carbocycles. The Balaban J connectivity index is 1.81. The SMILES string of the molecule is CC1CCCCC1CNCc1ccc(Cl)cc1F. The highest BCUT2D eigenvalue weighted by atomic mass is 35.5. The van der Waals surface area contributed by atoms with Crippen LogP contribution in [0.25, 0.3) is 0 Å². The van der Waals surface area contributed by atoms with E-state index in [1.807, 2.05) is 0 Å². The molecule has 0 bridgehead atoms. The second kappa shape index (κ2) is 6.53. The summed E-state index contributed by atoms with van der Waals surface area (Å²) in [5.74, 6) is 1.32. The monoisotopic (exact) mass is 269 g/mol. The van der Waals surface area contributed by atoms with E-state index in [0.29, 0.717) is 17.1 Å². The summed E-state index contributed by atoms with van der Waals surface area (Å²) in [6.07, 6.45) is 5.34. The van der Waals surface area contributed by atoms with Crippen LogP contribution < -0.4 is 5.32 Å². The van der Waals surface area contributed by atoms with Crippen molar-refractivity contribution in [2.75, 3.05) is 6.54 Å². The van der Waals surface area contributed by atoms with E-state index < -0.39 is 0 Å². The van der Waals surface area contributed by atoms with Crippen LogP contribution in [0.1, 0.15) is 38.2 Å². The predicted octanol–water partition coefficient (Wildman–Crippen LogP) is 4.40. The van der Waals surface area contributed by atoms with Gasteiger partial charge in [-0.15, -0.1) is 0 Å². The van der Waals surface area contributed by atoms with Gasteiger partial charge in [-0.1, -0.05) is 43.9 Å². The first kappa shape index (κ1) is 13.8. The summed E-state index contributed by atoms with van der Waals surface area (Å²) in [4.78, 5) is 0. The molecule has 0 amide bonds. The van der Waals surface area contributed by atoms with Gasteiger partial charge in [0.2, 0.25) is 0 Å². The summed E-state index contributed by atoms with van der Waals surface area (Å²) >= 11 is 5.73. The van der Waals surface area contributed by atoms with Gasteiger partial charge in [-0.25, -0.2) is 4.39 Å². The Labute approximate surface area is 114 Å². The molecule has 2 rings (SSSR count). The zero-order chi connectivity index (χ0) is 13.0. The molecule has 0 radical (unpaired) electrons. The molecular formula is C15H21ClFN. The first-order chi connectivity index (χ1) is 8.66. The fraction of sp³-hybridized carbons (Fsp3) is 0.600. The standard InChI is InChI=1S/C15H21ClFN/c1-11-4-2-3-5-12(11)9-18-10-13-6-7-14(16)8-15(13)17/h6-8,11-12,18H,2-5,9-10H2,1H3. The first-order valence-corrected chi connectivity index (χ1v) is 7.19. The van der Waals surface area contributed by atoms with Gasteiger partial charge >= 0.3 is 0 Å². The van der Waals surface area contributed by atoms with Crippen molar-refractivity contribution in [1.29, 1.82) is 0 Å². The highest BCUT2D eigenvalue weighted by molar-refractivity contribution is 6.30. The van der Waals surface area contributed by atoms with Gasteiger partial charge in [0.05, 0.1) is 0 Å². The van der Waals surface area contributed by atoms with Crippen molar-refractivity contribution in [3.8, 4) is 0 Å². The van der Waals surface area contributed by atoms with Gasteiger partial charge in [0.1, 0.15) is 5.82 Å². The van der Waals surface area contributed by atoms with Crippen molar-refractivity contribution in [1.82, 2.24) is 5.32 Å². The third-order valence-electron chi connectivity index (χ3n) is 4.03. The summed E-state index contributed by atoms with van der Waals surface area (Å²) in [5, 5.41) is 3.83. The van der Waals surface area contributed by atoms with Gasteiger partial charge in [-0.05, 0) is 36.9 Å². The van der Waals surface area contributed by atoms with Crippen LogP contribution in [0.3, 0.4) is 0 Å². The second-order valence-corrected chi connectivity index (χ2v) is 5.82. The van der Waals surface area contributed by atoms with E-state index in [1.54, 1.807) is 12.1 Å². The Hall–Kier alpha value is -0.600. The fourth-order valence-corrected chi connectivity index (χ4v) is 2.91. The van der Waals surface area contributed by atoms with E-state index in [4.69, 9.17) is 11.6 Å². The molecule has 100 valence electrons. The Morgan fingerprint density at radius 3 is 2.83 bits per heavy atom. The minimum absolute atomic E-state index is 0.216. The lowest BCUT2D eigenvalue weighted by Crippen LogP contribution is -2.29. The van der Waals surface area contributed by atoms with Crippen LogP contribution >= 0.6 is 11.6 Å². The van der Waals surface area contributed by atoms with E-state index >= 15 is 0 Å². The van der Waals surface area contributed by atoms with Crippen molar-refractivity contribution < 1.29 is 4.39 Å². The second-order valence-electron chi connectivity index (χ2n) is 5.39. The molecule has 1 aromatic rings. The summed E-state index contributed by atoms with van der Waals surface area (Å²) in [5.41, 5.74) is 0.697. The zero-order valence-electron chi connectivity index (χ0n) is 10.9. The Morgan fingerprint density at radius 1 is 1.33 bits per heavy atom. The lowest BCUT2D eigenvalue weighted by Gasteiger charge is -2.28. The molecule has 1 saturated carbocycles. The highest BCUT2D eigenvalue weighted by Crippen LogP contribution is 2.28. The maximum absolute atomic E-state index is 13.6. The lowest BCUT2D eigenvalue weighted by atomic mass is 9.80. The molecule has 3 heteroatoms.